The second-order valence-corrected chi connectivity index (χ2v) is 5.81. The van der Waals surface area contributed by atoms with Crippen LogP contribution in [-0.4, -0.2) is 67.0 Å². The summed E-state index contributed by atoms with van der Waals surface area (Å²) in [5.74, 6) is 0. The molecule has 18 heavy (non-hydrogen) atoms. The Bertz CT molecular complexity index is 291. The van der Waals surface area contributed by atoms with Gasteiger partial charge in [-0.05, 0) is 20.8 Å². The average molecular weight is 257 g/mol. The lowest BCUT2D eigenvalue weighted by Gasteiger charge is -2.43. The smallest absolute Gasteiger partial charge is 0.410 e. The molecule has 2 fully saturated rings. The monoisotopic (exact) mass is 257 g/mol. The first-order valence-corrected chi connectivity index (χ1v) is 6.51. The van der Waals surface area contributed by atoms with Gasteiger partial charge in [0.15, 0.2) is 0 Å². The van der Waals surface area contributed by atoms with Crippen molar-refractivity contribution in [3.63, 3.8) is 0 Å². The highest BCUT2D eigenvalue weighted by molar-refractivity contribution is 5.69. The van der Waals surface area contributed by atoms with Gasteiger partial charge in [0.2, 0.25) is 0 Å². The number of nitrogens with zero attached hydrogens (tertiary/aromatic N) is 2. The first-order valence-electron chi connectivity index (χ1n) is 6.51. The molecule has 1 amide bonds. The molecule has 6 heteroatoms. The van der Waals surface area contributed by atoms with E-state index in [1.807, 2.05) is 20.8 Å². The van der Waals surface area contributed by atoms with Gasteiger partial charge in [-0.15, -0.1) is 0 Å². The topological polar surface area (TPSA) is 54.0 Å². The molecule has 0 saturated carbocycles. The molecule has 0 atom stereocenters. The molecule has 0 aromatic carbocycles. The third-order valence-electron chi connectivity index (χ3n) is 2.91. The van der Waals surface area contributed by atoms with Crippen LogP contribution < -0.4 is 5.43 Å². The fourth-order valence-electron chi connectivity index (χ4n) is 1.99. The van der Waals surface area contributed by atoms with Crippen molar-refractivity contribution in [2.75, 3.05) is 39.4 Å². The number of ether oxygens (including phenoxy) is 2. The van der Waals surface area contributed by atoms with E-state index in [-0.39, 0.29) is 6.09 Å². The van der Waals surface area contributed by atoms with Gasteiger partial charge >= 0.3 is 6.09 Å². The fourth-order valence-corrected chi connectivity index (χ4v) is 1.99. The number of nitrogens with one attached hydrogen (secondary N) is 1. The molecule has 2 rings (SSSR count). The maximum absolute atomic E-state index is 11.7. The first-order chi connectivity index (χ1) is 8.44. The van der Waals surface area contributed by atoms with Gasteiger partial charge < -0.3 is 14.4 Å². The number of hydrazine groups is 1. The Labute approximate surface area is 108 Å². The number of rotatable bonds is 2. The quantitative estimate of drug-likeness (QED) is 0.778. The Balaban J connectivity index is 1.65. The van der Waals surface area contributed by atoms with Crippen molar-refractivity contribution in [3.8, 4) is 0 Å². The van der Waals surface area contributed by atoms with Crippen molar-refractivity contribution < 1.29 is 14.3 Å². The van der Waals surface area contributed by atoms with Crippen LogP contribution in [0.25, 0.3) is 0 Å². The summed E-state index contributed by atoms with van der Waals surface area (Å²) >= 11 is 0. The van der Waals surface area contributed by atoms with E-state index in [1.165, 1.54) is 0 Å². The highest BCUT2D eigenvalue weighted by atomic mass is 16.6. The summed E-state index contributed by atoms with van der Waals surface area (Å²) in [6.45, 7) is 10.4. The Morgan fingerprint density at radius 3 is 2.44 bits per heavy atom. The van der Waals surface area contributed by atoms with Gasteiger partial charge in [0, 0.05) is 26.2 Å². The number of hydrogen-bond donors (Lipinski definition) is 1. The normalized spacial score (nSPS) is 22.7. The summed E-state index contributed by atoms with van der Waals surface area (Å²) < 4.78 is 10.6. The minimum atomic E-state index is -0.417. The molecule has 6 nitrogen and oxygen atoms in total. The molecule has 0 aliphatic carbocycles. The van der Waals surface area contributed by atoms with Gasteiger partial charge in [0.1, 0.15) is 5.60 Å². The van der Waals surface area contributed by atoms with Crippen molar-refractivity contribution in [2.24, 2.45) is 0 Å². The number of morpholine rings is 1. The van der Waals surface area contributed by atoms with Crippen LogP contribution >= 0.6 is 0 Å². The van der Waals surface area contributed by atoms with Crippen LogP contribution in [0.15, 0.2) is 0 Å². The van der Waals surface area contributed by atoms with E-state index in [0.29, 0.717) is 19.1 Å². The zero-order valence-electron chi connectivity index (χ0n) is 11.4. The second-order valence-electron chi connectivity index (χ2n) is 5.81. The predicted octanol–water partition coefficient (Wildman–Crippen LogP) is 0.443. The third-order valence-corrected chi connectivity index (χ3v) is 2.91. The van der Waals surface area contributed by atoms with Crippen LogP contribution in [0.5, 0.6) is 0 Å². The second kappa shape index (κ2) is 5.42. The van der Waals surface area contributed by atoms with E-state index in [0.717, 1.165) is 26.3 Å². The van der Waals surface area contributed by atoms with Gasteiger partial charge in [-0.25, -0.2) is 15.2 Å². The van der Waals surface area contributed by atoms with Gasteiger partial charge in [0.25, 0.3) is 0 Å². The standard InChI is InChI=1S/C12H23N3O3/c1-12(2,3)18-11(16)14-8-10(9-14)13-15-4-6-17-7-5-15/h10,13H,4-9H2,1-3H3. The summed E-state index contributed by atoms with van der Waals surface area (Å²) in [5, 5.41) is 2.17. The minimum absolute atomic E-state index is 0.220. The van der Waals surface area contributed by atoms with Crippen LogP contribution in [-0.2, 0) is 9.47 Å². The molecule has 0 unspecified atom stereocenters. The summed E-state index contributed by atoms with van der Waals surface area (Å²) in [4.78, 5) is 13.4. The Hall–Kier alpha value is -0.850. The summed E-state index contributed by atoms with van der Waals surface area (Å²) in [7, 11) is 0. The van der Waals surface area contributed by atoms with Gasteiger partial charge in [0.05, 0.1) is 19.3 Å². The van der Waals surface area contributed by atoms with E-state index >= 15 is 0 Å². The van der Waals surface area contributed by atoms with Crippen LogP contribution in [0.1, 0.15) is 20.8 Å². The van der Waals surface area contributed by atoms with Gasteiger partial charge in [-0.3, -0.25) is 0 Å². The minimum Gasteiger partial charge on any atom is -0.444 e. The molecule has 1 N–H and O–H groups in total. The van der Waals surface area contributed by atoms with Crippen LogP contribution in [0.4, 0.5) is 4.79 Å². The lowest BCUT2D eigenvalue weighted by atomic mass is 10.1. The number of hydrogen-bond acceptors (Lipinski definition) is 5. The van der Waals surface area contributed by atoms with Crippen molar-refractivity contribution in [1.82, 2.24) is 15.3 Å². The van der Waals surface area contributed by atoms with Crippen LogP contribution in [0, 0.1) is 0 Å². The van der Waals surface area contributed by atoms with Crippen LogP contribution in [0.2, 0.25) is 0 Å². The average Bonchev–Trinajstić information content (AvgIpc) is 2.21. The summed E-state index contributed by atoms with van der Waals surface area (Å²) in [6, 6.07) is 0.343. The highest BCUT2D eigenvalue weighted by Crippen LogP contribution is 2.15. The third kappa shape index (κ3) is 3.83. The number of carbonyl (C=O) groups excluding carboxylic acids is 1. The maximum atomic E-state index is 11.7. The molecule has 2 aliphatic rings. The van der Waals surface area contributed by atoms with Gasteiger partial charge in [-0.1, -0.05) is 0 Å². The molecule has 2 saturated heterocycles. The maximum Gasteiger partial charge on any atom is 0.410 e. The molecule has 0 spiro atoms. The molecule has 104 valence electrons. The molecule has 0 bridgehead atoms. The zero-order chi connectivity index (χ0) is 13.2. The highest BCUT2D eigenvalue weighted by Gasteiger charge is 2.34. The van der Waals surface area contributed by atoms with E-state index in [9.17, 15) is 4.79 Å². The first kappa shape index (κ1) is 13.6. The molecule has 0 radical (unpaired) electrons. The zero-order valence-corrected chi connectivity index (χ0v) is 11.4. The lowest BCUT2D eigenvalue weighted by Crippen LogP contribution is -2.64. The molecule has 2 aliphatic heterocycles. The molecule has 2 heterocycles. The van der Waals surface area contributed by atoms with Crippen LogP contribution in [0.3, 0.4) is 0 Å². The van der Waals surface area contributed by atoms with Gasteiger partial charge in [-0.2, -0.15) is 0 Å². The van der Waals surface area contributed by atoms with Crippen molar-refractivity contribution in [2.45, 2.75) is 32.4 Å². The Kier molecular flexibility index (Phi) is 4.09. The van der Waals surface area contributed by atoms with E-state index in [1.54, 1.807) is 4.90 Å². The fraction of sp³-hybridized carbons (Fsp3) is 0.917. The molecule has 0 aromatic rings. The number of amides is 1. The predicted molar refractivity (Wildman–Crippen MR) is 67.1 cm³/mol. The van der Waals surface area contributed by atoms with E-state index < -0.39 is 5.60 Å². The Morgan fingerprint density at radius 2 is 1.89 bits per heavy atom. The number of carbonyl (C=O) groups is 1. The van der Waals surface area contributed by atoms with E-state index in [2.05, 4.69) is 10.4 Å². The molecular formula is C12H23N3O3. The summed E-state index contributed by atoms with van der Waals surface area (Å²) in [5.41, 5.74) is 2.99. The largest absolute Gasteiger partial charge is 0.444 e. The molecule has 0 aromatic heterocycles. The number of likely N-dealkylation sites (tertiary alicyclic amines) is 1. The lowest BCUT2D eigenvalue weighted by molar-refractivity contribution is -0.0297. The van der Waals surface area contributed by atoms with E-state index in [4.69, 9.17) is 9.47 Å². The van der Waals surface area contributed by atoms with Crippen molar-refractivity contribution >= 4 is 6.09 Å². The van der Waals surface area contributed by atoms with Crippen molar-refractivity contribution in [3.05, 3.63) is 0 Å². The SMILES string of the molecule is CC(C)(C)OC(=O)N1CC(NN2CCOCC2)C1. The molecular weight excluding hydrogens is 234 g/mol. The summed E-state index contributed by atoms with van der Waals surface area (Å²) in [6.07, 6.45) is -0.220. The van der Waals surface area contributed by atoms with Crippen molar-refractivity contribution in [1.29, 1.82) is 0 Å². The Morgan fingerprint density at radius 1 is 1.28 bits per heavy atom.